The van der Waals surface area contributed by atoms with Gasteiger partial charge in [-0.25, -0.2) is 4.79 Å². The zero-order valence-electron chi connectivity index (χ0n) is 14.8. The van der Waals surface area contributed by atoms with Crippen molar-refractivity contribution in [1.82, 2.24) is 10.6 Å². The molecule has 0 saturated heterocycles. The normalized spacial score (nSPS) is 14.3. The second kappa shape index (κ2) is 8.56. The fraction of sp³-hybridized carbons (Fsp3) is 0.381. The molecule has 0 saturated carbocycles. The molecule has 0 radical (unpaired) electrons. The molecule has 132 valence electrons. The van der Waals surface area contributed by atoms with Gasteiger partial charge in [-0.05, 0) is 61.4 Å². The molecule has 1 atom stereocenters. The summed E-state index contributed by atoms with van der Waals surface area (Å²) in [6.07, 6.45) is 4.87. The first-order chi connectivity index (χ1) is 12.2. The highest BCUT2D eigenvalue weighted by atomic mass is 16.5. The Kier molecular flexibility index (Phi) is 5.94. The Morgan fingerprint density at radius 2 is 1.84 bits per heavy atom. The van der Waals surface area contributed by atoms with E-state index in [4.69, 9.17) is 4.74 Å². The van der Waals surface area contributed by atoms with Crippen molar-refractivity contribution in [3.8, 4) is 5.75 Å². The maximum absolute atomic E-state index is 12.0. The minimum atomic E-state index is -0.176. The number of carbonyl (C=O) groups excluding carboxylic acids is 1. The van der Waals surface area contributed by atoms with Crippen LogP contribution < -0.4 is 15.4 Å². The molecule has 0 aromatic heterocycles. The zero-order chi connectivity index (χ0) is 17.5. The third kappa shape index (κ3) is 4.99. The van der Waals surface area contributed by atoms with E-state index in [-0.39, 0.29) is 12.1 Å². The lowest BCUT2D eigenvalue weighted by Gasteiger charge is -2.17. The molecule has 0 fully saturated rings. The van der Waals surface area contributed by atoms with Gasteiger partial charge in [-0.3, -0.25) is 0 Å². The molecule has 1 aliphatic rings. The summed E-state index contributed by atoms with van der Waals surface area (Å²) in [5, 5.41) is 5.77. The number of urea groups is 1. The van der Waals surface area contributed by atoms with E-state index < -0.39 is 0 Å². The van der Waals surface area contributed by atoms with Gasteiger partial charge in [0.15, 0.2) is 0 Å². The molecule has 4 heteroatoms. The SMILES string of the molecule is CC(NC(=O)NCCOc1ccc2c(c1)CCCC2)c1ccccc1. The van der Waals surface area contributed by atoms with Crippen LogP contribution in [0.2, 0.25) is 0 Å². The van der Waals surface area contributed by atoms with Crippen LogP contribution in [-0.4, -0.2) is 19.2 Å². The van der Waals surface area contributed by atoms with Crippen molar-refractivity contribution in [2.45, 2.75) is 38.6 Å². The fourth-order valence-corrected chi connectivity index (χ4v) is 3.21. The Labute approximate surface area is 149 Å². The topological polar surface area (TPSA) is 50.4 Å². The smallest absolute Gasteiger partial charge is 0.315 e. The second-order valence-corrected chi connectivity index (χ2v) is 6.52. The van der Waals surface area contributed by atoms with Crippen LogP contribution in [0, 0.1) is 0 Å². The highest BCUT2D eigenvalue weighted by molar-refractivity contribution is 5.74. The number of ether oxygens (including phenoxy) is 1. The van der Waals surface area contributed by atoms with Crippen LogP contribution >= 0.6 is 0 Å². The number of carbonyl (C=O) groups is 1. The van der Waals surface area contributed by atoms with Crippen LogP contribution in [0.3, 0.4) is 0 Å². The first-order valence-corrected chi connectivity index (χ1v) is 9.06. The Hall–Kier alpha value is -2.49. The van der Waals surface area contributed by atoms with Crippen molar-refractivity contribution >= 4 is 6.03 Å². The van der Waals surface area contributed by atoms with Gasteiger partial charge in [-0.2, -0.15) is 0 Å². The molecule has 2 aromatic rings. The van der Waals surface area contributed by atoms with Gasteiger partial charge < -0.3 is 15.4 Å². The summed E-state index contributed by atoms with van der Waals surface area (Å²) in [6, 6.07) is 16.1. The highest BCUT2D eigenvalue weighted by Gasteiger charge is 2.10. The van der Waals surface area contributed by atoms with Crippen LogP contribution in [0.1, 0.15) is 42.5 Å². The summed E-state index contributed by atoms with van der Waals surface area (Å²) < 4.78 is 5.77. The Morgan fingerprint density at radius 1 is 1.08 bits per heavy atom. The molecule has 4 nitrogen and oxygen atoms in total. The van der Waals surface area contributed by atoms with Crippen LogP contribution in [0.25, 0.3) is 0 Å². The number of hydrogen-bond acceptors (Lipinski definition) is 2. The number of aryl methyl sites for hydroxylation is 2. The van der Waals surface area contributed by atoms with Gasteiger partial charge in [0.05, 0.1) is 12.6 Å². The molecule has 2 N–H and O–H groups in total. The zero-order valence-corrected chi connectivity index (χ0v) is 14.8. The fourth-order valence-electron chi connectivity index (χ4n) is 3.21. The molecule has 0 bridgehead atoms. The van der Waals surface area contributed by atoms with Crippen molar-refractivity contribution in [1.29, 1.82) is 0 Å². The summed E-state index contributed by atoms with van der Waals surface area (Å²) in [6.45, 7) is 2.91. The predicted molar refractivity (Wildman–Crippen MR) is 100.0 cm³/mol. The van der Waals surface area contributed by atoms with Crippen molar-refractivity contribution in [2.24, 2.45) is 0 Å². The molecular formula is C21H26N2O2. The number of nitrogens with one attached hydrogen (secondary N) is 2. The van der Waals surface area contributed by atoms with E-state index in [9.17, 15) is 4.79 Å². The monoisotopic (exact) mass is 338 g/mol. The van der Waals surface area contributed by atoms with E-state index in [0.717, 1.165) is 17.7 Å². The maximum atomic E-state index is 12.0. The lowest BCUT2D eigenvalue weighted by atomic mass is 9.92. The second-order valence-electron chi connectivity index (χ2n) is 6.52. The summed E-state index contributed by atoms with van der Waals surface area (Å²) in [4.78, 5) is 12.0. The van der Waals surface area contributed by atoms with E-state index >= 15 is 0 Å². The minimum absolute atomic E-state index is 0.0252. The summed E-state index contributed by atoms with van der Waals surface area (Å²) in [5.74, 6) is 0.889. The largest absolute Gasteiger partial charge is 0.492 e. The van der Waals surface area contributed by atoms with Crippen molar-refractivity contribution < 1.29 is 9.53 Å². The standard InChI is InChI=1S/C21H26N2O2/c1-16(17-7-3-2-4-8-17)23-21(24)22-13-14-25-20-12-11-18-9-5-6-10-19(18)15-20/h2-4,7-8,11-12,15-16H,5-6,9-10,13-14H2,1H3,(H2,22,23,24). The molecule has 2 amide bonds. The number of rotatable bonds is 6. The van der Waals surface area contributed by atoms with E-state index in [2.05, 4.69) is 22.8 Å². The van der Waals surface area contributed by atoms with Crippen LogP contribution in [-0.2, 0) is 12.8 Å². The lowest BCUT2D eigenvalue weighted by Crippen LogP contribution is -2.38. The van der Waals surface area contributed by atoms with E-state index in [1.54, 1.807) is 0 Å². The molecule has 3 rings (SSSR count). The summed E-state index contributed by atoms with van der Waals surface area (Å²) in [5.41, 5.74) is 3.94. The average Bonchev–Trinajstić information content (AvgIpc) is 2.66. The molecule has 0 aliphatic heterocycles. The third-order valence-electron chi connectivity index (χ3n) is 4.62. The highest BCUT2D eigenvalue weighted by Crippen LogP contribution is 2.25. The number of amides is 2. The van der Waals surface area contributed by atoms with Crippen LogP contribution in [0.15, 0.2) is 48.5 Å². The third-order valence-corrected chi connectivity index (χ3v) is 4.62. The Bertz CT molecular complexity index is 700. The number of hydrogen-bond donors (Lipinski definition) is 2. The van der Waals surface area contributed by atoms with Gasteiger partial charge in [0, 0.05) is 0 Å². The predicted octanol–water partition coefficient (Wildman–Crippen LogP) is 4.00. The number of fused-ring (bicyclic) bond motifs is 1. The average molecular weight is 338 g/mol. The van der Waals surface area contributed by atoms with Crippen molar-refractivity contribution in [3.63, 3.8) is 0 Å². The van der Waals surface area contributed by atoms with Crippen LogP contribution in [0.5, 0.6) is 5.75 Å². The minimum Gasteiger partial charge on any atom is -0.492 e. The molecule has 2 aromatic carbocycles. The molecule has 0 heterocycles. The summed E-state index contributed by atoms with van der Waals surface area (Å²) >= 11 is 0. The van der Waals surface area contributed by atoms with Gasteiger partial charge in [-0.1, -0.05) is 36.4 Å². The maximum Gasteiger partial charge on any atom is 0.315 e. The molecule has 1 unspecified atom stereocenters. The quantitative estimate of drug-likeness (QED) is 0.782. The molecule has 0 spiro atoms. The molecule has 25 heavy (non-hydrogen) atoms. The van der Waals surface area contributed by atoms with E-state index in [1.165, 1.54) is 30.4 Å². The number of benzene rings is 2. The van der Waals surface area contributed by atoms with Gasteiger partial charge in [0.1, 0.15) is 12.4 Å². The van der Waals surface area contributed by atoms with E-state index in [0.29, 0.717) is 13.2 Å². The molecule has 1 aliphatic carbocycles. The van der Waals surface area contributed by atoms with Gasteiger partial charge in [0.25, 0.3) is 0 Å². The van der Waals surface area contributed by atoms with Gasteiger partial charge in [-0.15, -0.1) is 0 Å². The van der Waals surface area contributed by atoms with Gasteiger partial charge in [0.2, 0.25) is 0 Å². The van der Waals surface area contributed by atoms with Crippen LogP contribution in [0.4, 0.5) is 4.79 Å². The summed E-state index contributed by atoms with van der Waals surface area (Å²) in [7, 11) is 0. The molecular weight excluding hydrogens is 312 g/mol. The van der Waals surface area contributed by atoms with E-state index in [1.807, 2.05) is 43.3 Å². The first-order valence-electron chi connectivity index (χ1n) is 9.06. The Balaban J connectivity index is 1.39. The van der Waals surface area contributed by atoms with Crippen molar-refractivity contribution in [3.05, 3.63) is 65.2 Å². The van der Waals surface area contributed by atoms with Crippen molar-refractivity contribution in [2.75, 3.05) is 13.2 Å². The first kappa shape index (κ1) is 17.3. The lowest BCUT2D eigenvalue weighted by molar-refractivity contribution is 0.233. The Morgan fingerprint density at radius 3 is 2.64 bits per heavy atom. The van der Waals surface area contributed by atoms with Gasteiger partial charge >= 0.3 is 6.03 Å².